The highest BCUT2D eigenvalue weighted by Crippen LogP contribution is 2.23. The maximum atomic E-state index is 5.45. The summed E-state index contributed by atoms with van der Waals surface area (Å²) in [6.45, 7) is 4.51. The fourth-order valence-corrected chi connectivity index (χ4v) is 3.38. The van der Waals surface area contributed by atoms with Crippen LogP contribution in [-0.4, -0.2) is 29.7 Å². The lowest BCUT2D eigenvalue weighted by Crippen LogP contribution is -2.03. The van der Waals surface area contributed by atoms with Crippen LogP contribution >= 0.6 is 0 Å². The summed E-state index contributed by atoms with van der Waals surface area (Å²) in [4.78, 5) is 6.95. The Hall–Kier alpha value is -2.87. The minimum atomic E-state index is 0.615. The van der Waals surface area contributed by atoms with Gasteiger partial charge in [0.05, 0.1) is 0 Å². The van der Waals surface area contributed by atoms with E-state index in [1.165, 1.54) is 23.1 Å². The van der Waals surface area contributed by atoms with Crippen LogP contribution in [0.25, 0.3) is 11.1 Å². The van der Waals surface area contributed by atoms with Gasteiger partial charge < -0.3 is 15.5 Å². The fraction of sp³-hybridized carbons (Fsp3) is 0.346. The Morgan fingerprint density at radius 1 is 1.10 bits per heavy atom. The van der Waals surface area contributed by atoms with Crippen LogP contribution < -0.4 is 5.73 Å². The van der Waals surface area contributed by atoms with E-state index in [-0.39, 0.29) is 0 Å². The van der Waals surface area contributed by atoms with Crippen molar-refractivity contribution in [1.29, 1.82) is 0 Å². The Bertz CT molecular complexity index is 913. The molecule has 0 spiro atoms. The van der Waals surface area contributed by atoms with Gasteiger partial charge in [0, 0.05) is 50.6 Å². The molecule has 0 bridgehead atoms. The summed E-state index contributed by atoms with van der Waals surface area (Å²) in [5, 5.41) is 0. The third-order valence-corrected chi connectivity index (χ3v) is 5.11. The Morgan fingerprint density at radius 2 is 1.83 bits per heavy atom. The highest BCUT2D eigenvalue weighted by molar-refractivity contribution is 5.64. The van der Waals surface area contributed by atoms with Crippen molar-refractivity contribution in [2.75, 3.05) is 19.8 Å². The zero-order valence-electron chi connectivity index (χ0n) is 17.7. The number of nitrogens with two attached hydrogens (primary N) is 1. The Morgan fingerprint density at radius 3 is 2.37 bits per heavy atom. The average Bonchev–Trinajstić information content (AvgIpc) is 3.50. The maximum absolute atomic E-state index is 5.45. The van der Waals surface area contributed by atoms with E-state index in [0.717, 1.165) is 43.9 Å². The van der Waals surface area contributed by atoms with E-state index in [4.69, 9.17) is 10.5 Å². The molecule has 4 rings (SSSR count). The number of benzene rings is 2. The number of H-pyrrole nitrogens is 1. The molecule has 3 N–H and O–H groups in total. The van der Waals surface area contributed by atoms with Crippen LogP contribution in [0, 0.1) is 17.8 Å². The van der Waals surface area contributed by atoms with Gasteiger partial charge in [-0.2, -0.15) is 0 Å². The van der Waals surface area contributed by atoms with E-state index < -0.39 is 0 Å². The standard InChI is InChI=1S/C21H23NO.C5H8N2/c22-13-2-1-3-17-4-8-20(9-5-17)21-10-6-18(7-11-21)15-19-12-14-23-16-19;1-2-5-6-3-4-7-5/h4-11,19H,2,12-16,22H2;3-4H,2H2,1H3,(H,6,7). The molecule has 1 saturated heterocycles. The Labute approximate surface area is 179 Å². The first-order valence-corrected chi connectivity index (χ1v) is 10.7. The Balaban J connectivity index is 0.000000310. The molecule has 2 aromatic carbocycles. The van der Waals surface area contributed by atoms with Crippen LogP contribution in [0.15, 0.2) is 60.9 Å². The fourth-order valence-electron chi connectivity index (χ4n) is 3.38. The number of aromatic amines is 1. The molecule has 1 atom stereocenters. The molecule has 3 aromatic rings. The molecule has 0 aliphatic carbocycles. The zero-order chi connectivity index (χ0) is 21.0. The van der Waals surface area contributed by atoms with E-state index in [2.05, 4.69) is 77.3 Å². The monoisotopic (exact) mass is 401 g/mol. The summed E-state index contributed by atoms with van der Waals surface area (Å²) >= 11 is 0. The second-order valence-corrected chi connectivity index (χ2v) is 7.44. The van der Waals surface area contributed by atoms with Gasteiger partial charge in [0.25, 0.3) is 0 Å². The molecular formula is C26H31N3O. The molecule has 0 radical (unpaired) electrons. The van der Waals surface area contributed by atoms with Crippen molar-refractivity contribution >= 4 is 0 Å². The van der Waals surface area contributed by atoms with Crippen LogP contribution in [0.5, 0.6) is 0 Å². The van der Waals surface area contributed by atoms with Crippen molar-refractivity contribution in [2.24, 2.45) is 11.7 Å². The summed E-state index contributed by atoms with van der Waals surface area (Å²) in [6.07, 6.45) is 7.64. The number of nitrogens with one attached hydrogen (secondary N) is 1. The minimum Gasteiger partial charge on any atom is -0.381 e. The van der Waals surface area contributed by atoms with Crippen molar-refractivity contribution in [3.63, 3.8) is 0 Å². The van der Waals surface area contributed by atoms with E-state index in [1.807, 2.05) is 6.20 Å². The number of aromatic nitrogens is 2. The highest BCUT2D eigenvalue weighted by atomic mass is 16.5. The number of ether oxygens (including phenoxy) is 1. The summed E-state index contributed by atoms with van der Waals surface area (Å²) in [5.41, 5.74) is 10.4. The number of aryl methyl sites for hydroxylation is 1. The summed E-state index contributed by atoms with van der Waals surface area (Å²) in [6, 6.07) is 17.3. The molecule has 2 heterocycles. The Kier molecular flexibility index (Phi) is 8.71. The van der Waals surface area contributed by atoms with Gasteiger partial charge in [0.15, 0.2) is 0 Å². The molecule has 1 aromatic heterocycles. The first kappa shape index (κ1) is 21.8. The molecule has 4 nitrogen and oxygen atoms in total. The number of nitrogens with zero attached hydrogens (tertiary/aromatic N) is 1. The normalized spacial score (nSPS) is 15.1. The summed E-state index contributed by atoms with van der Waals surface area (Å²) in [5.74, 6) is 7.94. The van der Waals surface area contributed by atoms with Gasteiger partial charge in [-0.25, -0.2) is 4.98 Å². The first-order valence-electron chi connectivity index (χ1n) is 10.7. The molecule has 156 valence electrons. The number of hydrogen-bond acceptors (Lipinski definition) is 3. The minimum absolute atomic E-state index is 0.615. The van der Waals surface area contributed by atoms with Gasteiger partial charge in [0.2, 0.25) is 0 Å². The molecule has 1 fully saturated rings. The van der Waals surface area contributed by atoms with Crippen LogP contribution in [0.4, 0.5) is 0 Å². The van der Waals surface area contributed by atoms with E-state index in [9.17, 15) is 0 Å². The predicted molar refractivity (Wildman–Crippen MR) is 123 cm³/mol. The quantitative estimate of drug-likeness (QED) is 0.614. The van der Waals surface area contributed by atoms with Gasteiger partial charge in [0.1, 0.15) is 5.82 Å². The van der Waals surface area contributed by atoms with Crippen LogP contribution in [0.3, 0.4) is 0 Å². The molecule has 0 amide bonds. The van der Waals surface area contributed by atoms with E-state index in [0.29, 0.717) is 12.5 Å². The lowest BCUT2D eigenvalue weighted by Gasteiger charge is -2.08. The summed E-state index contributed by atoms with van der Waals surface area (Å²) in [7, 11) is 0. The largest absolute Gasteiger partial charge is 0.381 e. The number of rotatable bonds is 5. The molecule has 1 aliphatic rings. The van der Waals surface area contributed by atoms with E-state index in [1.54, 1.807) is 6.20 Å². The van der Waals surface area contributed by atoms with Crippen LogP contribution in [-0.2, 0) is 17.6 Å². The molecule has 4 heteroatoms. The lowest BCUT2D eigenvalue weighted by molar-refractivity contribution is 0.186. The second-order valence-electron chi connectivity index (χ2n) is 7.44. The lowest BCUT2D eigenvalue weighted by atomic mass is 9.96. The third kappa shape index (κ3) is 6.88. The molecule has 1 unspecified atom stereocenters. The highest BCUT2D eigenvalue weighted by Gasteiger charge is 2.15. The van der Waals surface area contributed by atoms with Gasteiger partial charge >= 0.3 is 0 Å². The third-order valence-electron chi connectivity index (χ3n) is 5.11. The van der Waals surface area contributed by atoms with Crippen LogP contribution in [0.1, 0.15) is 36.7 Å². The summed E-state index contributed by atoms with van der Waals surface area (Å²) < 4.78 is 5.45. The van der Waals surface area contributed by atoms with Gasteiger partial charge in [-0.1, -0.05) is 55.2 Å². The van der Waals surface area contributed by atoms with Gasteiger partial charge in [-0.3, -0.25) is 0 Å². The number of imidazole rings is 1. The molecule has 30 heavy (non-hydrogen) atoms. The maximum Gasteiger partial charge on any atom is 0.105 e. The first-order chi connectivity index (χ1) is 14.8. The smallest absolute Gasteiger partial charge is 0.105 e. The second kappa shape index (κ2) is 12.0. The molecule has 1 aliphatic heterocycles. The van der Waals surface area contributed by atoms with Gasteiger partial charge in [-0.15, -0.1) is 0 Å². The van der Waals surface area contributed by atoms with Crippen molar-refractivity contribution in [3.05, 3.63) is 77.9 Å². The van der Waals surface area contributed by atoms with Gasteiger partial charge in [-0.05, 0) is 47.6 Å². The van der Waals surface area contributed by atoms with E-state index >= 15 is 0 Å². The van der Waals surface area contributed by atoms with Crippen molar-refractivity contribution < 1.29 is 4.74 Å². The predicted octanol–water partition coefficient (Wildman–Crippen LogP) is 4.61. The van der Waals surface area contributed by atoms with Crippen LogP contribution in [0.2, 0.25) is 0 Å². The molecular weight excluding hydrogens is 370 g/mol. The molecule has 0 saturated carbocycles. The van der Waals surface area contributed by atoms with Crippen molar-refractivity contribution in [3.8, 4) is 23.0 Å². The van der Waals surface area contributed by atoms with Crippen molar-refractivity contribution in [2.45, 2.75) is 32.6 Å². The SMILES string of the molecule is CCc1ncc[nH]1.NCCC#Cc1ccc(-c2ccc(CC3CCOC3)cc2)cc1. The van der Waals surface area contributed by atoms with Crippen molar-refractivity contribution in [1.82, 2.24) is 9.97 Å². The average molecular weight is 402 g/mol. The zero-order valence-corrected chi connectivity index (χ0v) is 17.7. The number of hydrogen-bond donors (Lipinski definition) is 2. The topological polar surface area (TPSA) is 63.9 Å².